The summed E-state index contributed by atoms with van der Waals surface area (Å²) in [6.45, 7) is 2.69. The largest absolute Gasteiger partial charge is 0.442 e. The molecule has 0 N–H and O–H groups in total. The number of amides is 1. The number of anilines is 2. The van der Waals surface area contributed by atoms with E-state index in [9.17, 15) is 13.6 Å². The van der Waals surface area contributed by atoms with E-state index in [1.807, 2.05) is 11.8 Å². The Kier molecular flexibility index (Phi) is 4.95. The van der Waals surface area contributed by atoms with Crippen molar-refractivity contribution in [2.75, 3.05) is 36.0 Å². The Morgan fingerprint density at radius 1 is 1.16 bits per heavy atom. The maximum absolute atomic E-state index is 12.7. The molecule has 3 aliphatic rings. The third-order valence-electron chi connectivity index (χ3n) is 5.69. The monoisotopic (exact) mass is 432 g/mol. The van der Waals surface area contributed by atoms with Crippen LogP contribution in [0.25, 0.3) is 0 Å². The maximum Gasteiger partial charge on any atom is 0.410 e. The van der Waals surface area contributed by atoms with Gasteiger partial charge in [-0.3, -0.25) is 9.88 Å². The molecule has 9 nitrogen and oxygen atoms in total. The highest BCUT2D eigenvalue weighted by molar-refractivity contribution is 5.70. The van der Waals surface area contributed by atoms with E-state index in [2.05, 4.69) is 24.6 Å². The fraction of sp³-hybridized carbons (Fsp3) is 0.500. The third kappa shape index (κ3) is 3.91. The summed E-state index contributed by atoms with van der Waals surface area (Å²) < 4.78 is 34.8. The van der Waals surface area contributed by atoms with Crippen LogP contribution in [0.2, 0.25) is 0 Å². The summed E-state index contributed by atoms with van der Waals surface area (Å²) in [5, 5.41) is 0. The molecule has 1 amide bonds. The number of nitrogens with zero attached hydrogens (tertiary/aromatic N) is 6. The van der Waals surface area contributed by atoms with Crippen LogP contribution in [-0.2, 0) is 17.8 Å². The van der Waals surface area contributed by atoms with Crippen LogP contribution in [0.15, 0.2) is 18.5 Å². The van der Waals surface area contributed by atoms with Gasteiger partial charge in [-0.25, -0.2) is 14.8 Å². The normalized spacial score (nSPS) is 18.0. The van der Waals surface area contributed by atoms with Gasteiger partial charge in [-0.05, 0) is 13.3 Å². The van der Waals surface area contributed by atoms with Gasteiger partial charge in [0.15, 0.2) is 0 Å². The topological polar surface area (TPSA) is 83.9 Å². The van der Waals surface area contributed by atoms with Gasteiger partial charge < -0.3 is 19.3 Å². The van der Waals surface area contributed by atoms with Crippen molar-refractivity contribution in [2.24, 2.45) is 0 Å². The summed E-state index contributed by atoms with van der Waals surface area (Å²) >= 11 is 0. The SMILES string of the molecule is Cc1nc2c(c(N3CCC3)n1)CN(C(=O)OC1CN(c3cncc(OC(F)F)c3)C1)C2. The molecule has 5 heterocycles. The molecule has 5 rings (SSSR count). The second-order valence-corrected chi connectivity index (χ2v) is 7.88. The Morgan fingerprint density at radius 2 is 1.97 bits per heavy atom. The first-order chi connectivity index (χ1) is 15.0. The van der Waals surface area contributed by atoms with Crippen molar-refractivity contribution in [3.8, 4) is 5.75 Å². The van der Waals surface area contributed by atoms with Crippen molar-refractivity contribution in [3.05, 3.63) is 35.5 Å². The number of aryl methyl sites for hydroxylation is 1. The van der Waals surface area contributed by atoms with Crippen molar-refractivity contribution in [2.45, 2.75) is 39.1 Å². The van der Waals surface area contributed by atoms with Crippen LogP contribution in [0.3, 0.4) is 0 Å². The number of ether oxygens (including phenoxy) is 2. The maximum atomic E-state index is 12.7. The molecular formula is C20H22F2N6O3. The van der Waals surface area contributed by atoms with Crippen molar-refractivity contribution < 1.29 is 23.0 Å². The molecule has 2 saturated heterocycles. The molecule has 11 heteroatoms. The number of rotatable bonds is 5. The Morgan fingerprint density at radius 3 is 2.68 bits per heavy atom. The van der Waals surface area contributed by atoms with Crippen LogP contribution in [-0.4, -0.2) is 64.8 Å². The number of fused-ring (bicyclic) bond motifs is 1. The number of hydrogen-bond donors (Lipinski definition) is 0. The second-order valence-electron chi connectivity index (χ2n) is 7.88. The second kappa shape index (κ2) is 7.78. The van der Waals surface area contributed by atoms with Gasteiger partial charge in [0, 0.05) is 24.7 Å². The van der Waals surface area contributed by atoms with Crippen molar-refractivity contribution in [1.82, 2.24) is 19.9 Å². The molecule has 2 aromatic rings. The van der Waals surface area contributed by atoms with E-state index in [-0.39, 0.29) is 17.9 Å². The van der Waals surface area contributed by atoms with E-state index in [1.54, 1.807) is 11.1 Å². The predicted molar refractivity (Wildman–Crippen MR) is 106 cm³/mol. The lowest BCUT2D eigenvalue weighted by molar-refractivity contribution is -0.0500. The number of alkyl halides is 2. The number of hydrogen-bond acceptors (Lipinski definition) is 8. The average Bonchev–Trinajstić information content (AvgIpc) is 3.06. The van der Waals surface area contributed by atoms with Gasteiger partial charge in [0.2, 0.25) is 0 Å². The summed E-state index contributed by atoms with van der Waals surface area (Å²) in [6.07, 6.45) is 3.28. The molecule has 31 heavy (non-hydrogen) atoms. The van der Waals surface area contributed by atoms with Gasteiger partial charge in [-0.2, -0.15) is 8.78 Å². The first-order valence-electron chi connectivity index (χ1n) is 10.2. The zero-order valence-electron chi connectivity index (χ0n) is 17.0. The molecule has 0 spiro atoms. The van der Waals surface area contributed by atoms with Gasteiger partial charge in [0.05, 0.1) is 50.0 Å². The molecule has 0 aliphatic carbocycles. The summed E-state index contributed by atoms with van der Waals surface area (Å²) in [6, 6.07) is 1.49. The van der Waals surface area contributed by atoms with Crippen LogP contribution < -0.4 is 14.5 Å². The van der Waals surface area contributed by atoms with Crippen LogP contribution in [0.4, 0.5) is 25.1 Å². The molecule has 164 valence electrons. The molecule has 2 fully saturated rings. The zero-order valence-corrected chi connectivity index (χ0v) is 17.0. The number of aromatic nitrogens is 3. The molecule has 2 aromatic heterocycles. The first-order valence-corrected chi connectivity index (χ1v) is 10.2. The Labute approximate surface area is 177 Å². The van der Waals surface area contributed by atoms with Gasteiger partial charge in [-0.1, -0.05) is 0 Å². The van der Waals surface area contributed by atoms with E-state index in [4.69, 9.17) is 4.74 Å². The fourth-order valence-electron chi connectivity index (χ4n) is 3.96. The van der Waals surface area contributed by atoms with Crippen molar-refractivity contribution in [3.63, 3.8) is 0 Å². The summed E-state index contributed by atoms with van der Waals surface area (Å²) in [5.41, 5.74) is 2.52. The van der Waals surface area contributed by atoms with E-state index in [0.717, 1.165) is 36.6 Å². The lowest BCUT2D eigenvalue weighted by Crippen LogP contribution is -2.54. The molecule has 0 aromatic carbocycles. The molecular weight excluding hydrogens is 410 g/mol. The highest BCUT2D eigenvalue weighted by Gasteiger charge is 2.36. The molecule has 0 unspecified atom stereocenters. The van der Waals surface area contributed by atoms with E-state index in [1.165, 1.54) is 12.3 Å². The number of halogens is 2. The average molecular weight is 432 g/mol. The molecule has 0 bridgehead atoms. The minimum Gasteiger partial charge on any atom is -0.442 e. The van der Waals surface area contributed by atoms with Crippen LogP contribution in [0.5, 0.6) is 5.75 Å². The van der Waals surface area contributed by atoms with Gasteiger partial charge in [0.1, 0.15) is 23.5 Å². The van der Waals surface area contributed by atoms with Crippen LogP contribution >= 0.6 is 0 Å². The number of pyridine rings is 1. The summed E-state index contributed by atoms with van der Waals surface area (Å²) in [4.78, 5) is 31.5. The van der Waals surface area contributed by atoms with Gasteiger partial charge in [-0.15, -0.1) is 0 Å². The molecule has 3 aliphatic heterocycles. The van der Waals surface area contributed by atoms with Gasteiger partial charge in [0.25, 0.3) is 0 Å². The van der Waals surface area contributed by atoms with Gasteiger partial charge >= 0.3 is 12.7 Å². The quantitative estimate of drug-likeness (QED) is 0.712. The first kappa shape index (κ1) is 19.7. The Bertz CT molecular complexity index is 997. The van der Waals surface area contributed by atoms with E-state index < -0.39 is 6.61 Å². The third-order valence-corrected chi connectivity index (χ3v) is 5.69. The minimum absolute atomic E-state index is 0.00261. The number of carbonyl (C=O) groups excluding carboxylic acids is 1. The standard InChI is InChI=1S/C20H22F2N6O3/c1-12-24-17-11-28(10-16(17)18(25-12)26-3-2-4-26)20(29)31-15-8-27(9-15)13-5-14(7-23-6-13)30-19(21)22/h5-7,15,19H,2-4,8-11H2,1H3. The fourth-order valence-corrected chi connectivity index (χ4v) is 3.96. The molecule has 0 radical (unpaired) electrons. The lowest BCUT2D eigenvalue weighted by Gasteiger charge is -2.40. The van der Waals surface area contributed by atoms with E-state index >= 15 is 0 Å². The van der Waals surface area contributed by atoms with Crippen LogP contribution in [0.1, 0.15) is 23.5 Å². The number of carbonyl (C=O) groups is 1. The Balaban J connectivity index is 1.17. The zero-order chi connectivity index (χ0) is 21.5. The summed E-state index contributed by atoms with van der Waals surface area (Å²) in [7, 11) is 0. The molecule has 0 saturated carbocycles. The smallest absolute Gasteiger partial charge is 0.410 e. The predicted octanol–water partition coefficient (Wildman–Crippen LogP) is 2.33. The van der Waals surface area contributed by atoms with Crippen molar-refractivity contribution in [1.29, 1.82) is 0 Å². The van der Waals surface area contributed by atoms with Crippen molar-refractivity contribution >= 4 is 17.6 Å². The Hall–Kier alpha value is -3.24. The van der Waals surface area contributed by atoms with Crippen LogP contribution in [0, 0.1) is 6.92 Å². The highest BCUT2D eigenvalue weighted by Crippen LogP contribution is 2.32. The minimum atomic E-state index is -2.90. The highest BCUT2D eigenvalue weighted by atomic mass is 19.3. The van der Waals surface area contributed by atoms with E-state index in [0.29, 0.717) is 37.7 Å². The molecule has 0 atom stereocenters. The summed E-state index contributed by atoms with van der Waals surface area (Å²) in [5.74, 6) is 1.63. The lowest BCUT2D eigenvalue weighted by atomic mass is 10.1.